The van der Waals surface area contributed by atoms with Crippen molar-refractivity contribution in [1.82, 2.24) is 14.9 Å². The highest BCUT2D eigenvalue weighted by atomic mass is 35.5. The molecule has 4 rings (SSSR count). The van der Waals surface area contributed by atoms with Crippen molar-refractivity contribution in [3.63, 3.8) is 0 Å². The van der Waals surface area contributed by atoms with E-state index in [0.29, 0.717) is 15.2 Å². The van der Waals surface area contributed by atoms with Gasteiger partial charge in [0.1, 0.15) is 16.3 Å². The topological polar surface area (TPSA) is 64.0 Å². The van der Waals surface area contributed by atoms with Crippen LogP contribution in [0.25, 0.3) is 15.9 Å². The molecule has 0 aliphatic carbocycles. The number of benzene rings is 2. The Hall–Kier alpha value is -2.75. The third kappa shape index (κ3) is 4.79. The number of fused-ring (bicyclic) bond motifs is 1. The van der Waals surface area contributed by atoms with E-state index in [9.17, 15) is 18.4 Å². The van der Waals surface area contributed by atoms with Gasteiger partial charge in [0.25, 0.3) is 5.56 Å². The van der Waals surface area contributed by atoms with Crippen LogP contribution < -0.4 is 10.9 Å². The molecule has 2 heterocycles. The van der Waals surface area contributed by atoms with Gasteiger partial charge in [0.05, 0.1) is 17.0 Å². The van der Waals surface area contributed by atoms with Gasteiger partial charge in [-0.15, -0.1) is 11.3 Å². The Bertz CT molecular complexity index is 1320. The van der Waals surface area contributed by atoms with Gasteiger partial charge in [-0.1, -0.05) is 41.6 Å². The van der Waals surface area contributed by atoms with Crippen LogP contribution in [0.4, 0.5) is 8.78 Å². The molecule has 31 heavy (non-hydrogen) atoms. The smallest absolute Gasteiger partial charge is 0.276 e. The van der Waals surface area contributed by atoms with Gasteiger partial charge >= 0.3 is 0 Å². The molecule has 0 saturated carbocycles. The Labute approximate surface area is 188 Å². The highest BCUT2D eigenvalue weighted by molar-refractivity contribution is 7.99. The van der Waals surface area contributed by atoms with Crippen molar-refractivity contribution >= 4 is 50.8 Å². The zero-order valence-corrected chi connectivity index (χ0v) is 18.2. The van der Waals surface area contributed by atoms with E-state index in [1.165, 1.54) is 11.3 Å². The molecule has 0 fully saturated rings. The van der Waals surface area contributed by atoms with Gasteiger partial charge in [0.2, 0.25) is 5.91 Å². The van der Waals surface area contributed by atoms with Gasteiger partial charge in [-0.05, 0) is 35.2 Å². The lowest BCUT2D eigenvalue weighted by molar-refractivity contribution is -0.118. The number of amides is 1. The van der Waals surface area contributed by atoms with Crippen molar-refractivity contribution in [2.45, 2.75) is 11.7 Å². The number of carbonyl (C=O) groups is 1. The minimum atomic E-state index is -0.818. The molecule has 1 N–H and O–H groups in total. The maximum absolute atomic E-state index is 13.8. The van der Waals surface area contributed by atoms with Crippen LogP contribution in [0.3, 0.4) is 0 Å². The summed E-state index contributed by atoms with van der Waals surface area (Å²) in [5, 5.41) is 5.17. The first-order chi connectivity index (χ1) is 14.9. The van der Waals surface area contributed by atoms with Crippen LogP contribution in [0.2, 0.25) is 5.02 Å². The molecule has 0 atom stereocenters. The predicted octanol–water partition coefficient (Wildman–Crippen LogP) is 4.79. The van der Waals surface area contributed by atoms with E-state index in [0.717, 1.165) is 40.1 Å². The fourth-order valence-electron chi connectivity index (χ4n) is 2.90. The molecule has 0 aliphatic heterocycles. The number of hydrogen-bond donors (Lipinski definition) is 1. The Balaban J connectivity index is 1.60. The van der Waals surface area contributed by atoms with Crippen molar-refractivity contribution in [3.8, 4) is 5.69 Å². The fourth-order valence-corrected chi connectivity index (χ4v) is 4.71. The van der Waals surface area contributed by atoms with Crippen LogP contribution in [0.5, 0.6) is 0 Å². The number of thioether (sulfide) groups is 1. The zero-order valence-electron chi connectivity index (χ0n) is 15.8. The van der Waals surface area contributed by atoms with Crippen LogP contribution in [0, 0.1) is 11.6 Å². The second-order valence-electron chi connectivity index (χ2n) is 6.45. The summed E-state index contributed by atoms with van der Waals surface area (Å²) in [6.07, 6.45) is 0. The number of rotatable bonds is 6. The van der Waals surface area contributed by atoms with Crippen LogP contribution in [-0.2, 0) is 11.3 Å². The maximum Gasteiger partial charge on any atom is 0.276 e. The van der Waals surface area contributed by atoms with E-state index >= 15 is 0 Å². The second kappa shape index (κ2) is 9.17. The number of thiophene rings is 1. The highest BCUT2D eigenvalue weighted by Crippen LogP contribution is 2.24. The molecule has 10 heteroatoms. The first-order valence-electron chi connectivity index (χ1n) is 9.02. The van der Waals surface area contributed by atoms with E-state index < -0.39 is 17.2 Å². The molecule has 2 aromatic heterocycles. The normalized spacial score (nSPS) is 11.1. The predicted molar refractivity (Wildman–Crippen MR) is 119 cm³/mol. The molecule has 0 spiro atoms. The monoisotopic (exact) mass is 477 g/mol. The maximum atomic E-state index is 13.8. The molecule has 1 amide bonds. The number of halogens is 3. The van der Waals surface area contributed by atoms with Gasteiger partial charge in [-0.25, -0.2) is 13.8 Å². The molecule has 4 aromatic rings. The molecular formula is C21H14ClF2N3O2S2. The van der Waals surface area contributed by atoms with Crippen LogP contribution >= 0.6 is 34.7 Å². The van der Waals surface area contributed by atoms with E-state index in [4.69, 9.17) is 11.6 Å². The number of hydrogen-bond acceptors (Lipinski definition) is 5. The summed E-state index contributed by atoms with van der Waals surface area (Å²) < 4.78 is 29.0. The first kappa shape index (κ1) is 21.5. The van der Waals surface area contributed by atoms with Crippen LogP contribution in [-0.4, -0.2) is 21.2 Å². The van der Waals surface area contributed by atoms with Crippen molar-refractivity contribution in [2.24, 2.45) is 0 Å². The lowest BCUT2D eigenvalue weighted by atomic mass is 10.2. The minimum Gasteiger partial charge on any atom is -0.351 e. The number of carbonyl (C=O) groups excluding carboxylic acids is 1. The average molecular weight is 478 g/mol. The zero-order chi connectivity index (χ0) is 22.0. The summed E-state index contributed by atoms with van der Waals surface area (Å²) in [7, 11) is 0. The SMILES string of the molecule is O=C(CSc1nc2ccsc2c(=O)n1-c1cc(F)cc(F)c1)NCc1ccccc1Cl. The molecule has 0 saturated heterocycles. The summed E-state index contributed by atoms with van der Waals surface area (Å²) in [5.41, 5.74) is 0.780. The Morgan fingerprint density at radius 2 is 1.90 bits per heavy atom. The van der Waals surface area contributed by atoms with E-state index in [1.54, 1.807) is 29.6 Å². The van der Waals surface area contributed by atoms with Crippen molar-refractivity contribution < 1.29 is 13.6 Å². The molecule has 5 nitrogen and oxygen atoms in total. The van der Waals surface area contributed by atoms with Gasteiger partial charge < -0.3 is 5.32 Å². The van der Waals surface area contributed by atoms with E-state index in [-0.39, 0.29) is 29.0 Å². The molecule has 0 radical (unpaired) electrons. The Morgan fingerprint density at radius 3 is 2.65 bits per heavy atom. The molecule has 158 valence electrons. The summed E-state index contributed by atoms with van der Waals surface area (Å²) in [4.78, 5) is 29.8. The Morgan fingerprint density at radius 1 is 1.16 bits per heavy atom. The van der Waals surface area contributed by atoms with Crippen LogP contribution in [0.1, 0.15) is 5.56 Å². The first-order valence-corrected chi connectivity index (χ1v) is 11.3. The van der Waals surface area contributed by atoms with Crippen LogP contribution in [0.15, 0.2) is 63.9 Å². The summed E-state index contributed by atoms with van der Waals surface area (Å²) in [6, 6.07) is 11.6. The van der Waals surface area contributed by atoms with Gasteiger partial charge in [-0.2, -0.15) is 0 Å². The van der Waals surface area contributed by atoms with Gasteiger partial charge in [0, 0.05) is 17.6 Å². The van der Waals surface area contributed by atoms with Crippen molar-refractivity contribution in [3.05, 3.63) is 86.5 Å². The quantitative estimate of drug-likeness (QED) is 0.320. The molecule has 0 bridgehead atoms. The number of nitrogens with zero attached hydrogens (tertiary/aromatic N) is 2. The third-order valence-electron chi connectivity index (χ3n) is 4.32. The third-order valence-corrected chi connectivity index (χ3v) is 6.52. The fraction of sp³-hybridized carbons (Fsp3) is 0.0952. The summed E-state index contributed by atoms with van der Waals surface area (Å²) in [6.45, 7) is 0.248. The largest absolute Gasteiger partial charge is 0.351 e. The molecule has 0 aliphatic rings. The second-order valence-corrected chi connectivity index (χ2v) is 8.72. The molecule has 0 unspecified atom stereocenters. The number of nitrogens with one attached hydrogen (secondary N) is 1. The van der Waals surface area contributed by atoms with E-state index in [2.05, 4.69) is 10.3 Å². The minimum absolute atomic E-state index is 0.00396. The van der Waals surface area contributed by atoms with E-state index in [1.807, 2.05) is 6.07 Å². The van der Waals surface area contributed by atoms with Crippen molar-refractivity contribution in [2.75, 3.05) is 5.75 Å². The molecule has 2 aromatic carbocycles. The highest BCUT2D eigenvalue weighted by Gasteiger charge is 2.17. The Kier molecular flexibility index (Phi) is 6.35. The van der Waals surface area contributed by atoms with Gasteiger partial charge in [0.15, 0.2) is 5.16 Å². The number of aromatic nitrogens is 2. The molecular weight excluding hydrogens is 464 g/mol. The lowest BCUT2D eigenvalue weighted by Crippen LogP contribution is -2.26. The lowest BCUT2D eigenvalue weighted by Gasteiger charge is -2.12. The van der Waals surface area contributed by atoms with Crippen molar-refractivity contribution in [1.29, 1.82) is 0 Å². The summed E-state index contributed by atoms with van der Waals surface area (Å²) >= 11 is 8.28. The summed E-state index contributed by atoms with van der Waals surface area (Å²) in [5.74, 6) is -1.99. The average Bonchev–Trinajstić information content (AvgIpc) is 3.20. The standard InChI is InChI=1S/C21H14ClF2N3O2S2/c22-16-4-2-1-3-12(16)10-25-18(28)11-31-21-26-17-5-6-30-19(17)20(29)27(21)15-8-13(23)7-14(24)9-15/h1-9H,10-11H2,(H,25,28). The van der Waals surface area contributed by atoms with Gasteiger partial charge in [-0.3, -0.25) is 14.2 Å².